The molecule has 1 heterocycles. The Morgan fingerprint density at radius 2 is 1.50 bits per heavy atom. The fourth-order valence-corrected chi connectivity index (χ4v) is 4.01. The number of hydrogen-bond acceptors (Lipinski definition) is 6. The van der Waals surface area contributed by atoms with Crippen molar-refractivity contribution in [2.75, 3.05) is 5.75 Å². The SMILES string of the molecule is Cc1ccc(-c2nnc(SCC(=O)c3ccc([N+](=O)[O-])cc3)n2-c2ccc(C)cc2)cc1. The van der Waals surface area contributed by atoms with Gasteiger partial charge >= 0.3 is 0 Å². The predicted molar refractivity (Wildman–Crippen MR) is 124 cm³/mol. The van der Waals surface area contributed by atoms with Gasteiger partial charge in [-0.2, -0.15) is 0 Å². The Kier molecular flexibility index (Phi) is 6.13. The van der Waals surface area contributed by atoms with Gasteiger partial charge in [-0.25, -0.2) is 0 Å². The van der Waals surface area contributed by atoms with Gasteiger partial charge in [0, 0.05) is 28.9 Å². The van der Waals surface area contributed by atoms with Crippen molar-refractivity contribution < 1.29 is 9.72 Å². The van der Waals surface area contributed by atoms with Crippen molar-refractivity contribution in [1.29, 1.82) is 0 Å². The molecule has 1 aromatic heterocycles. The van der Waals surface area contributed by atoms with Gasteiger partial charge in [-0.1, -0.05) is 59.3 Å². The van der Waals surface area contributed by atoms with Gasteiger partial charge in [0.05, 0.1) is 10.7 Å². The minimum absolute atomic E-state index is 0.0453. The Morgan fingerprint density at radius 3 is 2.09 bits per heavy atom. The van der Waals surface area contributed by atoms with Crippen molar-refractivity contribution in [1.82, 2.24) is 14.8 Å². The molecule has 0 N–H and O–H groups in total. The van der Waals surface area contributed by atoms with Crippen LogP contribution in [0.25, 0.3) is 17.1 Å². The zero-order valence-electron chi connectivity index (χ0n) is 17.6. The van der Waals surface area contributed by atoms with Crippen molar-refractivity contribution in [3.8, 4) is 17.1 Å². The Balaban J connectivity index is 1.63. The summed E-state index contributed by atoms with van der Waals surface area (Å²) in [6.07, 6.45) is 0. The minimum atomic E-state index is -0.486. The first-order valence-corrected chi connectivity index (χ1v) is 10.9. The fourth-order valence-electron chi connectivity index (χ4n) is 3.16. The normalized spacial score (nSPS) is 10.8. The molecule has 0 aliphatic rings. The highest BCUT2D eigenvalue weighted by atomic mass is 32.2. The standard InChI is InChI=1S/C24H20N4O3S/c1-16-3-7-19(8-4-16)23-25-26-24(27(23)20-11-5-17(2)6-12-20)32-15-22(29)18-9-13-21(14-10-18)28(30)31/h3-14H,15H2,1-2H3. The molecule has 4 aromatic rings. The molecule has 3 aromatic carbocycles. The van der Waals surface area contributed by atoms with Crippen molar-refractivity contribution in [2.24, 2.45) is 0 Å². The lowest BCUT2D eigenvalue weighted by molar-refractivity contribution is -0.384. The van der Waals surface area contributed by atoms with E-state index in [4.69, 9.17) is 0 Å². The van der Waals surface area contributed by atoms with Crippen molar-refractivity contribution in [3.05, 3.63) is 99.6 Å². The number of ketones is 1. The number of nitrogens with zero attached hydrogens (tertiary/aromatic N) is 4. The van der Waals surface area contributed by atoms with Gasteiger partial charge in [0.25, 0.3) is 5.69 Å². The molecule has 0 aliphatic carbocycles. The van der Waals surface area contributed by atoms with Gasteiger partial charge in [0.1, 0.15) is 0 Å². The number of nitro benzene ring substituents is 1. The molecule has 32 heavy (non-hydrogen) atoms. The van der Waals surface area contributed by atoms with Gasteiger partial charge < -0.3 is 0 Å². The van der Waals surface area contributed by atoms with Crippen LogP contribution < -0.4 is 0 Å². The summed E-state index contributed by atoms with van der Waals surface area (Å²) in [4.78, 5) is 23.0. The average molecular weight is 445 g/mol. The predicted octanol–water partition coefficient (Wildman–Crippen LogP) is 5.43. The van der Waals surface area contributed by atoms with Crippen LogP contribution in [0.2, 0.25) is 0 Å². The number of benzene rings is 3. The Hall–Kier alpha value is -3.78. The first-order chi connectivity index (χ1) is 15.4. The molecule has 0 saturated carbocycles. The number of thioether (sulfide) groups is 1. The highest BCUT2D eigenvalue weighted by Gasteiger charge is 2.18. The topological polar surface area (TPSA) is 90.9 Å². The molecule has 0 fully saturated rings. The number of aromatic nitrogens is 3. The van der Waals surface area contributed by atoms with E-state index in [0.29, 0.717) is 16.5 Å². The van der Waals surface area contributed by atoms with Gasteiger partial charge in [0.2, 0.25) is 0 Å². The van der Waals surface area contributed by atoms with E-state index in [0.717, 1.165) is 22.4 Å². The number of rotatable bonds is 7. The van der Waals surface area contributed by atoms with E-state index in [2.05, 4.69) is 10.2 Å². The van der Waals surface area contributed by atoms with Crippen LogP contribution in [-0.4, -0.2) is 31.2 Å². The zero-order valence-corrected chi connectivity index (χ0v) is 18.4. The summed E-state index contributed by atoms with van der Waals surface area (Å²) in [5.41, 5.74) is 4.50. The highest BCUT2D eigenvalue weighted by molar-refractivity contribution is 7.99. The lowest BCUT2D eigenvalue weighted by Gasteiger charge is -2.11. The molecule has 0 unspecified atom stereocenters. The van der Waals surface area contributed by atoms with Crippen LogP contribution in [0.4, 0.5) is 5.69 Å². The minimum Gasteiger partial charge on any atom is -0.293 e. The molecular formula is C24H20N4O3S. The third-order valence-electron chi connectivity index (χ3n) is 4.97. The van der Waals surface area contributed by atoms with E-state index < -0.39 is 4.92 Å². The first kappa shape index (κ1) is 21.5. The van der Waals surface area contributed by atoms with Crippen molar-refractivity contribution in [2.45, 2.75) is 19.0 Å². The third kappa shape index (κ3) is 4.60. The van der Waals surface area contributed by atoms with Crippen LogP contribution >= 0.6 is 11.8 Å². The summed E-state index contributed by atoms with van der Waals surface area (Å²) in [6, 6.07) is 21.7. The molecule has 0 atom stereocenters. The molecule has 0 amide bonds. The highest BCUT2D eigenvalue weighted by Crippen LogP contribution is 2.29. The molecule has 8 heteroatoms. The smallest absolute Gasteiger partial charge is 0.269 e. The lowest BCUT2D eigenvalue weighted by atomic mass is 10.1. The van der Waals surface area contributed by atoms with E-state index >= 15 is 0 Å². The number of nitro groups is 1. The summed E-state index contributed by atoms with van der Waals surface area (Å²) in [5, 5.41) is 20.2. The maximum Gasteiger partial charge on any atom is 0.269 e. The van der Waals surface area contributed by atoms with Crippen LogP contribution in [0.15, 0.2) is 78.0 Å². The van der Waals surface area contributed by atoms with Crippen LogP contribution in [0, 0.1) is 24.0 Å². The molecule has 0 saturated heterocycles. The molecular weight excluding hydrogens is 424 g/mol. The van der Waals surface area contributed by atoms with Gasteiger partial charge in [0.15, 0.2) is 16.8 Å². The van der Waals surface area contributed by atoms with E-state index in [1.165, 1.54) is 36.0 Å². The third-order valence-corrected chi connectivity index (χ3v) is 5.90. The number of carbonyl (C=O) groups is 1. The Morgan fingerprint density at radius 1 is 0.906 bits per heavy atom. The quantitative estimate of drug-likeness (QED) is 0.163. The summed E-state index contributed by atoms with van der Waals surface area (Å²) >= 11 is 1.28. The Labute approximate surface area is 189 Å². The van der Waals surface area contributed by atoms with E-state index in [-0.39, 0.29) is 17.2 Å². The second kappa shape index (κ2) is 9.15. The maximum absolute atomic E-state index is 12.7. The zero-order chi connectivity index (χ0) is 22.7. The van der Waals surface area contributed by atoms with Crippen LogP contribution in [0.1, 0.15) is 21.5 Å². The van der Waals surface area contributed by atoms with Crippen LogP contribution in [0.5, 0.6) is 0 Å². The Bertz CT molecular complexity index is 1260. The number of non-ortho nitro benzene ring substituents is 1. The van der Waals surface area contributed by atoms with E-state index in [1.807, 2.05) is 66.9 Å². The van der Waals surface area contributed by atoms with E-state index in [9.17, 15) is 14.9 Å². The largest absolute Gasteiger partial charge is 0.293 e. The maximum atomic E-state index is 12.7. The molecule has 0 aliphatic heterocycles. The molecule has 0 radical (unpaired) electrons. The number of carbonyl (C=O) groups excluding carboxylic acids is 1. The number of Topliss-reactive ketones (excluding diaryl/α,β-unsaturated/α-hetero) is 1. The molecule has 0 bridgehead atoms. The van der Waals surface area contributed by atoms with E-state index in [1.54, 1.807) is 0 Å². The van der Waals surface area contributed by atoms with Gasteiger partial charge in [-0.3, -0.25) is 19.5 Å². The summed E-state index contributed by atoms with van der Waals surface area (Å²) in [6.45, 7) is 4.05. The number of hydrogen-bond donors (Lipinski definition) is 0. The molecule has 4 rings (SSSR count). The van der Waals surface area contributed by atoms with Crippen LogP contribution in [0.3, 0.4) is 0 Å². The summed E-state index contributed by atoms with van der Waals surface area (Å²) in [7, 11) is 0. The summed E-state index contributed by atoms with van der Waals surface area (Å²) in [5.74, 6) is 0.690. The number of aryl methyl sites for hydroxylation is 2. The van der Waals surface area contributed by atoms with Crippen LogP contribution in [-0.2, 0) is 0 Å². The second-order valence-corrected chi connectivity index (χ2v) is 8.30. The van der Waals surface area contributed by atoms with Crippen molar-refractivity contribution >= 4 is 23.2 Å². The molecule has 160 valence electrons. The van der Waals surface area contributed by atoms with Gasteiger partial charge in [-0.15, -0.1) is 10.2 Å². The molecule has 7 nitrogen and oxygen atoms in total. The van der Waals surface area contributed by atoms with Gasteiger partial charge in [-0.05, 0) is 38.1 Å². The monoisotopic (exact) mass is 444 g/mol. The van der Waals surface area contributed by atoms with Crippen molar-refractivity contribution in [3.63, 3.8) is 0 Å². The fraction of sp³-hybridized carbons (Fsp3) is 0.125. The second-order valence-electron chi connectivity index (χ2n) is 7.36. The lowest BCUT2D eigenvalue weighted by Crippen LogP contribution is -2.05. The average Bonchev–Trinajstić information content (AvgIpc) is 3.22. The summed E-state index contributed by atoms with van der Waals surface area (Å²) < 4.78 is 1.94. The first-order valence-electron chi connectivity index (χ1n) is 9.92. The molecule has 0 spiro atoms.